The first-order chi connectivity index (χ1) is 5.86. The number of ether oxygens (including phenoxy) is 1. The predicted octanol–water partition coefficient (Wildman–Crippen LogP) is 2.21. The topological polar surface area (TPSA) is 21.3 Å². The van der Waals surface area contributed by atoms with Gasteiger partial charge in [-0.15, -0.1) is 0 Å². The third-order valence-electron chi connectivity index (χ3n) is 1.56. The number of hydrogen-bond acceptors (Lipinski definition) is 2. The van der Waals surface area contributed by atoms with Gasteiger partial charge < -0.3 is 10.1 Å². The van der Waals surface area contributed by atoms with Crippen molar-refractivity contribution in [2.45, 2.75) is 6.42 Å². The smallest absolute Gasteiger partial charge is 0.119 e. The molecule has 0 aliphatic heterocycles. The highest BCUT2D eigenvalue weighted by atomic mass is 16.5. The summed E-state index contributed by atoms with van der Waals surface area (Å²) in [5.41, 5.74) is 1.07. The van der Waals surface area contributed by atoms with Crippen LogP contribution in [0.3, 0.4) is 0 Å². The van der Waals surface area contributed by atoms with Gasteiger partial charge in [-0.25, -0.2) is 0 Å². The molecule has 2 heteroatoms. The molecule has 1 N–H and O–H groups in total. The Balaban J connectivity index is 2.53. The van der Waals surface area contributed by atoms with Crippen LogP contribution in [-0.2, 0) is 0 Å². The fraction of sp³-hybridized carbons (Fsp3) is 0.300. The molecule has 1 aromatic rings. The second-order valence-corrected chi connectivity index (χ2v) is 2.44. The molecule has 0 fully saturated rings. The van der Waals surface area contributed by atoms with Crippen LogP contribution in [0.15, 0.2) is 24.3 Å². The van der Waals surface area contributed by atoms with Gasteiger partial charge in [-0.3, -0.25) is 0 Å². The van der Waals surface area contributed by atoms with Gasteiger partial charge in [0, 0.05) is 12.2 Å². The molecule has 1 rings (SSSR count). The summed E-state index contributed by atoms with van der Waals surface area (Å²) in [5, 5.41) is 3.17. The minimum atomic E-state index is 0.645. The number of rotatable bonds is 4. The largest absolute Gasteiger partial charge is 0.497 e. The second-order valence-electron chi connectivity index (χ2n) is 2.44. The number of hydrogen-bond donors (Lipinski definition) is 1. The summed E-state index contributed by atoms with van der Waals surface area (Å²) in [6.45, 7) is 6.14. The molecule has 12 heavy (non-hydrogen) atoms. The Labute approximate surface area is 73.6 Å². The van der Waals surface area contributed by atoms with Crippen molar-refractivity contribution in [3.63, 3.8) is 0 Å². The molecule has 0 spiro atoms. The van der Waals surface area contributed by atoms with Crippen LogP contribution in [0.4, 0.5) is 5.69 Å². The molecular formula is C10H13NO. The van der Waals surface area contributed by atoms with Crippen LogP contribution in [0, 0.1) is 6.92 Å². The van der Waals surface area contributed by atoms with E-state index in [0.717, 1.165) is 18.0 Å². The Hall–Kier alpha value is -1.18. The Morgan fingerprint density at radius 2 is 2.00 bits per heavy atom. The molecule has 0 heterocycles. The maximum Gasteiger partial charge on any atom is 0.119 e. The SMILES string of the molecule is [CH]CCNc1ccc(OC)cc1. The second kappa shape index (κ2) is 4.65. The van der Waals surface area contributed by atoms with Gasteiger partial charge in [-0.2, -0.15) is 0 Å². The number of anilines is 1. The molecule has 0 amide bonds. The molecule has 0 unspecified atom stereocenters. The van der Waals surface area contributed by atoms with Crippen molar-refractivity contribution in [3.8, 4) is 5.75 Å². The van der Waals surface area contributed by atoms with Gasteiger partial charge in [0.15, 0.2) is 0 Å². The van der Waals surface area contributed by atoms with Crippen LogP contribution in [0.25, 0.3) is 0 Å². The van der Waals surface area contributed by atoms with Gasteiger partial charge in [0.05, 0.1) is 7.11 Å². The van der Waals surface area contributed by atoms with E-state index in [1.54, 1.807) is 7.11 Å². The zero-order valence-corrected chi connectivity index (χ0v) is 7.21. The molecule has 0 aliphatic carbocycles. The highest BCUT2D eigenvalue weighted by molar-refractivity contribution is 5.46. The molecule has 64 valence electrons. The molecular weight excluding hydrogens is 150 g/mol. The highest BCUT2D eigenvalue weighted by Crippen LogP contribution is 2.14. The highest BCUT2D eigenvalue weighted by Gasteiger charge is 1.91. The van der Waals surface area contributed by atoms with Crippen molar-refractivity contribution in [1.82, 2.24) is 0 Å². The van der Waals surface area contributed by atoms with Crippen molar-refractivity contribution in [3.05, 3.63) is 31.2 Å². The van der Waals surface area contributed by atoms with Crippen molar-refractivity contribution in [2.75, 3.05) is 19.0 Å². The van der Waals surface area contributed by atoms with E-state index in [0.29, 0.717) is 6.42 Å². The van der Waals surface area contributed by atoms with Crippen LogP contribution in [0.2, 0.25) is 0 Å². The molecule has 0 atom stereocenters. The number of nitrogens with one attached hydrogen (secondary N) is 1. The summed E-state index contributed by atoms with van der Waals surface area (Å²) in [7, 11) is 1.66. The summed E-state index contributed by atoms with van der Waals surface area (Å²) < 4.78 is 5.02. The van der Waals surface area contributed by atoms with Crippen LogP contribution in [-0.4, -0.2) is 13.7 Å². The quantitative estimate of drug-likeness (QED) is 0.734. The lowest BCUT2D eigenvalue weighted by atomic mass is 10.3. The Morgan fingerprint density at radius 3 is 2.50 bits per heavy atom. The van der Waals surface area contributed by atoms with E-state index in [1.807, 2.05) is 24.3 Å². The van der Waals surface area contributed by atoms with Crippen LogP contribution in [0.1, 0.15) is 6.42 Å². The Morgan fingerprint density at radius 1 is 1.33 bits per heavy atom. The molecule has 0 saturated carbocycles. The van der Waals surface area contributed by atoms with E-state index < -0.39 is 0 Å². The van der Waals surface area contributed by atoms with Crippen LogP contribution >= 0.6 is 0 Å². The average molecular weight is 163 g/mol. The summed E-state index contributed by atoms with van der Waals surface area (Å²) in [5.74, 6) is 0.869. The lowest BCUT2D eigenvalue weighted by Crippen LogP contribution is -1.98. The standard InChI is InChI=1S/C10H13NO/c1-3-8-11-9-4-6-10(12-2)7-5-9/h1,4-7,11H,3,8H2,2H3. The van der Waals surface area contributed by atoms with Gasteiger partial charge in [0.1, 0.15) is 5.75 Å². The van der Waals surface area contributed by atoms with E-state index in [9.17, 15) is 0 Å². The first-order valence-electron chi connectivity index (χ1n) is 3.95. The molecule has 2 radical (unpaired) electrons. The van der Waals surface area contributed by atoms with Gasteiger partial charge >= 0.3 is 0 Å². The lowest BCUT2D eigenvalue weighted by Gasteiger charge is -2.04. The van der Waals surface area contributed by atoms with E-state index >= 15 is 0 Å². The van der Waals surface area contributed by atoms with E-state index in [4.69, 9.17) is 11.7 Å². The number of benzene rings is 1. The fourth-order valence-corrected chi connectivity index (χ4v) is 0.925. The summed E-state index contributed by atoms with van der Waals surface area (Å²) in [4.78, 5) is 0. The zero-order chi connectivity index (χ0) is 8.81. The molecule has 2 nitrogen and oxygen atoms in total. The van der Waals surface area contributed by atoms with Gasteiger partial charge in [-0.05, 0) is 37.6 Å². The lowest BCUT2D eigenvalue weighted by molar-refractivity contribution is 0.415. The van der Waals surface area contributed by atoms with Crippen molar-refractivity contribution < 1.29 is 4.74 Å². The Bertz CT molecular complexity index is 218. The van der Waals surface area contributed by atoms with Crippen molar-refractivity contribution in [2.24, 2.45) is 0 Å². The molecule has 0 aliphatic rings. The minimum Gasteiger partial charge on any atom is -0.497 e. The maximum absolute atomic E-state index is 5.35. The average Bonchev–Trinajstić information content (AvgIpc) is 2.15. The van der Waals surface area contributed by atoms with Crippen molar-refractivity contribution in [1.29, 1.82) is 0 Å². The van der Waals surface area contributed by atoms with Gasteiger partial charge in [0.25, 0.3) is 0 Å². The van der Waals surface area contributed by atoms with E-state index in [2.05, 4.69) is 5.32 Å². The summed E-state index contributed by atoms with van der Waals surface area (Å²) in [6.07, 6.45) is 0.645. The molecule has 0 bridgehead atoms. The van der Waals surface area contributed by atoms with Gasteiger partial charge in [-0.1, -0.05) is 0 Å². The van der Waals surface area contributed by atoms with Crippen LogP contribution < -0.4 is 10.1 Å². The minimum absolute atomic E-state index is 0.645. The maximum atomic E-state index is 5.35. The third kappa shape index (κ3) is 2.46. The fourth-order valence-electron chi connectivity index (χ4n) is 0.925. The molecule has 0 aromatic heterocycles. The van der Waals surface area contributed by atoms with Crippen LogP contribution in [0.5, 0.6) is 5.75 Å². The Kier molecular flexibility index (Phi) is 3.45. The molecule has 1 aromatic carbocycles. The number of methoxy groups -OCH3 is 1. The first kappa shape index (κ1) is 8.91. The van der Waals surface area contributed by atoms with Crippen molar-refractivity contribution >= 4 is 5.69 Å². The monoisotopic (exact) mass is 163 g/mol. The van der Waals surface area contributed by atoms with E-state index in [-0.39, 0.29) is 0 Å². The molecule has 0 saturated heterocycles. The third-order valence-corrected chi connectivity index (χ3v) is 1.56. The normalized spacial score (nSPS) is 9.50. The van der Waals surface area contributed by atoms with E-state index in [1.165, 1.54) is 0 Å². The summed E-state index contributed by atoms with van der Waals surface area (Å²) in [6, 6.07) is 7.76. The summed E-state index contributed by atoms with van der Waals surface area (Å²) >= 11 is 0. The first-order valence-corrected chi connectivity index (χ1v) is 3.95. The zero-order valence-electron chi connectivity index (χ0n) is 7.21. The predicted molar refractivity (Wildman–Crippen MR) is 50.4 cm³/mol. The van der Waals surface area contributed by atoms with Gasteiger partial charge in [0.2, 0.25) is 0 Å².